The minimum Gasteiger partial charge on any atom is -0.481 e. The predicted octanol–water partition coefficient (Wildman–Crippen LogP) is 3.21. The van der Waals surface area contributed by atoms with Crippen molar-refractivity contribution >= 4 is 22.9 Å². The SMILES string of the molecule is Cc1nn(C(C)(C)C)c2nc(C3CC3)cc(C(=O)NC(C)C(C)C(=O)O)c12. The second-order valence-electron chi connectivity index (χ2n) is 8.62. The van der Waals surface area contributed by atoms with Crippen LogP contribution in [-0.2, 0) is 10.3 Å². The van der Waals surface area contributed by atoms with E-state index < -0.39 is 17.9 Å². The van der Waals surface area contributed by atoms with Crippen molar-refractivity contribution in [3.05, 3.63) is 23.0 Å². The summed E-state index contributed by atoms with van der Waals surface area (Å²) in [6.45, 7) is 11.3. The highest BCUT2D eigenvalue weighted by Crippen LogP contribution is 2.41. The minimum atomic E-state index is -0.932. The quantitative estimate of drug-likeness (QED) is 0.840. The molecule has 0 radical (unpaired) electrons. The van der Waals surface area contributed by atoms with Crippen LogP contribution >= 0.6 is 0 Å². The number of hydrogen-bond donors (Lipinski definition) is 2. The van der Waals surface area contributed by atoms with Crippen LogP contribution in [-0.4, -0.2) is 37.8 Å². The van der Waals surface area contributed by atoms with Gasteiger partial charge in [-0.3, -0.25) is 9.59 Å². The van der Waals surface area contributed by atoms with Crippen LogP contribution < -0.4 is 5.32 Å². The fraction of sp³-hybridized carbons (Fsp3) is 0.600. The van der Waals surface area contributed by atoms with Gasteiger partial charge in [-0.2, -0.15) is 5.10 Å². The first-order chi connectivity index (χ1) is 12.5. The van der Waals surface area contributed by atoms with Gasteiger partial charge in [0.2, 0.25) is 0 Å². The Bertz CT molecular complexity index is 906. The number of hydrogen-bond acceptors (Lipinski definition) is 4. The Morgan fingerprint density at radius 3 is 2.44 bits per heavy atom. The molecule has 2 atom stereocenters. The first-order valence-corrected chi connectivity index (χ1v) is 9.45. The number of amides is 1. The van der Waals surface area contributed by atoms with Gasteiger partial charge in [0.1, 0.15) is 0 Å². The molecule has 1 fully saturated rings. The summed E-state index contributed by atoms with van der Waals surface area (Å²) in [5, 5.41) is 17.4. The molecule has 2 heterocycles. The summed E-state index contributed by atoms with van der Waals surface area (Å²) in [6.07, 6.45) is 2.16. The topological polar surface area (TPSA) is 97.1 Å². The monoisotopic (exact) mass is 372 g/mol. The Hall–Kier alpha value is -2.44. The van der Waals surface area contributed by atoms with E-state index in [4.69, 9.17) is 4.98 Å². The van der Waals surface area contributed by atoms with E-state index in [2.05, 4.69) is 31.2 Å². The van der Waals surface area contributed by atoms with E-state index in [0.29, 0.717) is 17.1 Å². The van der Waals surface area contributed by atoms with Crippen LogP contribution in [0.1, 0.15) is 75.1 Å². The Morgan fingerprint density at radius 1 is 1.30 bits per heavy atom. The average molecular weight is 372 g/mol. The van der Waals surface area contributed by atoms with Crippen molar-refractivity contribution in [3.8, 4) is 0 Å². The van der Waals surface area contributed by atoms with Gasteiger partial charge in [0.25, 0.3) is 5.91 Å². The number of rotatable bonds is 5. The maximum absolute atomic E-state index is 13.0. The lowest BCUT2D eigenvalue weighted by molar-refractivity contribution is -0.141. The summed E-state index contributed by atoms with van der Waals surface area (Å²) >= 11 is 0. The van der Waals surface area contributed by atoms with E-state index in [9.17, 15) is 14.7 Å². The van der Waals surface area contributed by atoms with Crippen molar-refractivity contribution in [2.45, 2.75) is 71.9 Å². The first-order valence-electron chi connectivity index (χ1n) is 9.45. The zero-order valence-electron chi connectivity index (χ0n) is 16.8. The van der Waals surface area contributed by atoms with Gasteiger partial charge in [0.15, 0.2) is 5.65 Å². The Balaban J connectivity index is 2.10. The van der Waals surface area contributed by atoms with Gasteiger partial charge in [-0.15, -0.1) is 0 Å². The van der Waals surface area contributed by atoms with Gasteiger partial charge in [-0.1, -0.05) is 0 Å². The lowest BCUT2D eigenvalue weighted by Crippen LogP contribution is -2.40. The van der Waals surface area contributed by atoms with Crippen molar-refractivity contribution in [2.75, 3.05) is 0 Å². The smallest absolute Gasteiger partial charge is 0.308 e. The number of aliphatic carboxylic acids is 1. The summed E-state index contributed by atoms with van der Waals surface area (Å²) in [6, 6.07) is 1.37. The van der Waals surface area contributed by atoms with Gasteiger partial charge in [-0.05, 0) is 60.5 Å². The molecule has 2 N–H and O–H groups in total. The van der Waals surface area contributed by atoms with Gasteiger partial charge in [0.05, 0.1) is 28.1 Å². The second kappa shape index (κ2) is 6.62. The third-order valence-electron chi connectivity index (χ3n) is 5.21. The molecule has 7 heteroatoms. The molecule has 3 rings (SSSR count). The maximum atomic E-state index is 13.0. The third kappa shape index (κ3) is 3.68. The Labute approximate surface area is 159 Å². The summed E-state index contributed by atoms with van der Waals surface area (Å²) < 4.78 is 1.88. The molecule has 1 aliphatic carbocycles. The van der Waals surface area contributed by atoms with Crippen LogP contribution in [0.25, 0.3) is 11.0 Å². The number of carboxylic acids is 1. The molecule has 27 heavy (non-hydrogen) atoms. The van der Waals surface area contributed by atoms with E-state index in [-0.39, 0.29) is 11.4 Å². The molecule has 2 unspecified atom stereocenters. The number of pyridine rings is 1. The van der Waals surface area contributed by atoms with Gasteiger partial charge in [-0.25, -0.2) is 9.67 Å². The zero-order chi connectivity index (χ0) is 20.1. The summed E-state index contributed by atoms with van der Waals surface area (Å²) in [7, 11) is 0. The molecule has 1 aliphatic rings. The second-order valence-corrected chi connectivity index (χ2v) is 8.62. The molecule has 0 aromatic carbocycles. The van der Waals surface area contributed by atoms with Crippen molar-refractivity contribution in [1.29, 1.82) is 0 Å². The van der Waals surface area contributed by atoms with E-state index >= 15 is 0 Å². The molecular weight excluding hydrogens is 344 g/mol. The van der Waals surface area contributed by atoms with Gasteiger partial charge < -0.3 is 10.4 Å². The molecule has 2 aromatic rings. The van der Waals surface area contributed by atoms with Crippen LogP contribution in [0.4, 0.5) is 0 Å². The molecule has 2 aromatic heterocycles. The molecule has 0 bridgehead atoms. The average Bonchev–Trinajstić information content (AvgIpc) is 3.36. The number of carbonyl (C=O) groups is 2. The van der Waals surface area contributed by atoms with E-state index in [0.717, 1.165) is 29.6 Å². The van der Waals surface area contributed by atoms with Crippen molar-refractivity contribution in [1.82, 2.24) is 20.1 Å². The number of nitrogens with zero attached hydrogens (tertiary/aromatic N) is 3. The highest BCUT2D eigenvalue weighted by Gasteiger charge is 2.31. The molecule has 0 aliphatic heterocycles. The highest BCUT2D eigenvalue weighted by atomic mass is 16.4. The van der Waals surface area contributed by atoms with Crippen molar-refractivity contribution < 1.29 is 14.7 Å². The Kier molecular flexibility index (Phi) is 4.74. The lowest BCUT2D eigenvalue weighted by Gasteiger charge is -2.21. The number of aromatic nitrogens is 3. The predicted molar refractivity (Wildman–Crippen MR) is 103 cm³/mol. The number of fused-ring (bicyclic) bond motifs is 1. The summed E-state index contributed by atoms with van der Waals surface area (Å²) in [5.74, 6) is -1.49. The molecule has 0 saturated heterocycles. The van der Waals surface area contributed by atoms with Crippen LogP contribution in [0.3, 0.4) is 0 Å². The van der Waals surface area contributed by atoms with E-state index in [1.54, 1.807) is 13.8 Å². The number of carboxylic acid groups (broad SMARTS) is 1. The van der Waals surface area contributed by atoms with Crippen LogP contribution in [0.5, 0.6) is 0 Å². The normalized spacial score (nSPS) is 17.0. The zero-order valence-corrected chi connectivity index (χ0v) is 16.8. The fourth-order valence-corrected chi connectivity index (χ4v) is 3.17. The largest absolute Gasteiger partial charge is 0.481 e. The van der Waals surface area contributed by atoms with Crippen molar-refractivity contribution in [2.24, 2.45) is 5.92 Å². The minimum absolute atomic E-state index is 0.263. The van der Waals surface area contributed by atoms with Crippen LogP contribution in [0.15, 0.2) is 6.07 Å². The lowest BCUT2D eigenvalue weighted by atomic mass is 10.0. The molecule has 146 valence electrons. The molecule has 1 saturated carbocycles. The van der Waals surface area contributed by atoms with E-state index in [1.807, 2.05) is 17.7 Å². The van der Waals surface area contributed by atoms with Crippen LogP contribution in [0, 0.1) is 12.8 Å². The molecule has 1 amide bonds. The summed E-state index contributed by atoms with van der Waals surface area (Å²) in [5.41, 5.74) is 2.64. The van der Waals surface area contributed by atoms with Gasteiger partial charge >= 0.3 is 5.97 Å². The maximum Gasteiger partial charge on any atom is 0.308 e. The number of aryl methyl sites for hydroxylation is 1. The third-order valence-corrected chi connectivity index (χ3v) is 5.21. The summed E-state index contributed by atoms with van der Waals surface area (Å²) in [4.78, 5) is 29.1. The number of carbonyl (C=O) groups excluding carboxylic acids is 1. The van der Waals surface area contributed by atoms with Gasteiger partial charge in [0, 0.05) is 17.7 Å². The first kappa shape index (κ1) is 19.3. The van der Waals surface area contributed by atoms with Crippen LogP contribution in [0.2, 0.25) is 0 Å². The van der Waals surface area contributed by atoms with E-state index in [1.165, 1.54) is 0 Å². The van der Waals surface area contributed by atoms with Crippen molar-refractivity contribution in [3.63, 3.8) is 0 Å². The number of nitrogens with one attached hydrogen (secondary N) is 1. The molecular formula is C20H28N4O3. The molecule has 7 nitrogen and oxygen atoms in total. The standard InChI is InChI=1S/C20H28N4O3/c1-10(19(26)27)11(2)21-18(25)14-9-15(13-7-8-13)22-17-16(14)12(3)23-24(17)20(4,5)6/h9-11,13H,7-8H2,1-6H3,(H,21,25)(H,26,27). The highest BCUT2D eigenvalue weighted by molar-refractivity contribution is 6.06. The molecule has 0 spiro atoms. The Morgan fingerprint density at radius 2 is 1.93 bits per heavy atom. The fourth-order valence-electron chi connectivity index (χ4n) is 3.17.